The van der Waals surface area contributed by atoms with Crippen LogP contribution in [0.3, 0.4) is 0 Å². The van der Waals surface area contributed by atoms with Crippen molar-refractivity contribution in [2.24, 2.45) is 0 Å². The standard InChI is InChI=1S/C21H28N2O4S/c1-4-5-11-23(12-13-24)21(25)18-10-9-17(3)20(15-18)28(26,27)22-19-8-6-7-16(2)14-19/h6-10,14-15,22,24H,4-5,11-13H2,1-3H3. The molecule has 152 valence electrons. The summed E-state index contributed by atoms with van der Waals surface area (Å²) in [6, 6.07) is 11.8. The van der Waals surface area contributed by atoms with Crippen LogP contribution in [0.4, 0.5) is 5.69 Å². The third-order valence-electron chi connectivity index (χ3n) is 4.43. The first-order valence-corrected chi connectivity index (χ1v) is 10.9. The summed E-state index contributed by atoms with van der Waals surface area (Å²) in [7, 11) is -3.84. The second-order valence-electron chi connectivity index (χ2n) is 6.82. The Hall–Kier alpha value is -2.38. The quantitative estimate of drug-likeness (QED) is 0.671. The number of hydrogen-bond donors (Lipinski definition) is 2. The molecule has 2 rings (SSSR count). The minimum atomic E-state index is -3.84. The smallest absolute Gasteiger partial charge is 0.262 e. The average molecular weight is 405 g/mol. The normalized spacial score (nSPS) is 11.3. The van der Waals surface area contributed by atoms with Crippen molar-refractivity contribution >= 4 is 21.6 Å². The van der Waals surface area contributed by atoms with Crippen LogP contribution in [0.15, 0.2) is 47.4 Å². The highest BCUT2D eigenvalue weighted by Crippen LogP contribution is 2.22. The van der Waals surface area contributed by atoms with Crippen molar-refractivity contribution in [2.45, 2.75) is 38.5 Å². The van der Waals surface area contributed by atoms with Crippen molar-refractivity contribution in [3.63, 3.8) is 0 Å². The number of carbonyl (C=O) groups excluding carboxylic acids is 1. The van der Waals surface area contributed by atoms with E-state index in [1.807, 2.05) is 19.9 Å². The van der Waals surface area contributed by atoms with Crippen molar-refractivity contribution in [3.05, 3.63) is 59.2 Å². The van der Waals surface area contributed by atoms with Gasteiger partial charge in [0, 0.05) is 24.3 Å². The Balaban J connectivity index is 2.34. The largest absolute Gasteiger partial charge is 0.395 e. The van der Waals surface area contributed by atoms with E-state index in [2.05, 4.69) is 4.72 Å². The minimum Gasteiger partial charge on any atom is -0.395 e. The summed E-state index contributed by atoms with van der Waals surface area (Å²) in [6.45, 7) is 6.20. The van der Waals surface area contributed by atoms with Crippen LogP contribution in [0.25, 0.3) is 0 Å². The Labute approximate surface area is 167 Å². The van der Waals surface area contributed by atoms with Gasteiger partial charge in [-0.15, -0.1) is 0 Å². The van der Waals surface area contributed by atoms with E-state index < -0.39 is 10.0 Å². The maximum atomic E-state index is 12.9. The van der Waals surface area contributed by atoms with Crippen LogP contribution in [-0.4, -0.2) is 44.0 Å². The van der Waals surface area contributed by atoms with E-state index in [1.165, 1.54) is 6.07 Å². The fourth-order valence-electron chi connectivity index (χ4n) is 2.91. The maximum Gasteiger partial charge on any atom is 0.262 e. The number of nitrogens with zero attached hydrogens (tertiary/aromatic N) is 1. The van der Waals surface area contributed by atoms with Crippen molar-refractivity contribution < 1.29 is 18.3 Å². The number of sulfonamides is 1. The van der Waals surface area contributed by atoms with E-state index in [9.17, 15) is 18.3 Å². The fraction of sp³-hybridized carbons (Fsp3) is 0.381. The van der Waals surface area contributed by atoms with E-state index in [0.29, 0.717) is 23.4 Å². The Kier molecular flexibility index (Phi) is 7.60. The summed E-state index contributed by atoms with van der Waals surface area (Å²) >= 11 is 0. The highest BCUT2D eigenvalue weighted by molar-refractivity contribution is 7.92. The summed E-state index contributed by atoms with van der Waals surface area (Å²) in [4.78, 5) is 14.5. The molecule has 0 aliphatic rings. The van der Waals surface area contributed by atoms with Crippen LogP contribution in [-0.2, 0) is 10.0 Å². The number of amides is 1. The molecule has 1 amide bonds. The van der Waals surface area contributed by atoms with Gasteiger partial charge in [0.05, 0.1) is 11.5 Å². The van der Waals surface area contributed by atoms with Gasteiger partial charge in [-0.1, -0.05) is 31.5 Å². The molecule has 0 radical (unpaired) electrons. The highest BCUT2D eigenvalue weighted by atomic mass is 32.2. The Morgan fingerprint density at radius 2 is 1.86 bits per heavy atom. The molecule has 6 nitrogen and oxygen atoms in total. The number of aryl methyl sites for hydroxylation is 2. The van der Waals surface area contributed by atoms with Gasteiger partial charge in [0.15, 0.2) is 0 Å². The van der Waals surface area contributed by atoms with Crippen molar-refractivity contribution in [2.75, 3.05) is 24.4 Å². The average Bonchev–Trinajstić information content (AvgIpc) is 2.64. The number of benzene rings is 2. The van der Waals surface area contributed by atoms with Crippen molar-refractivity contribution in [1.29, 1.82) is 0 Å². The molecule has 0 unspecified atom stereocenters. The minimum absolute atomic E-state index is 0.0688. The number of nitrogens with one attached hydrogen (secondary N) is 1. The second kappa shape index (κ2) is 9.71. The molecule has 0 aliphatic heterocycles. The van der Waals surface area contributed by atoms with E-state index in [-0.39, 0.29) is 24.0 Å². The van der Waals surface area contributed by atoms with Gasteiger partial charge in [0.1, 0.15) is 0 Å². The van der Waals surface area contributed by atoms with Crippen molar-refractivity contribution in [1.82, 2.24) is 4.90 Å². The molecule has 0 aliphatic carbocycles. The van der Waals surface area contributed by atoms with Crippen LogP contribution in [0.5, 0.6) is 0 Å². The second-order valence-corrected chi connectivity index (χ2v) is 8.48. The summed E-state index contributed by atoms with van der Waals surface area (Å²) in [6.07, 6.45) is 1.74. The number of rotatable bonds is 9. The van der Waals surface area contributed by atoms with Crippen LogP contribution >= 0.6 is 0 Å². The van der Waals surface area contributed by atoms with Gasteiger partial charge in [0.25, 0.3) is 15.9 Å². The molecule has 0 fully saturated rings. The summed E-state index contributed by atoms with van der Waals surface area (Å²) in [5, 5.41) is 9.25. The van der Waals surface area contributed by atoms with Gasteiger partial charge in [-0.25, -0.2) is 8.42 Å². The van der Waals surface area contributed by atoms with E-state index in [0.717, 1.165) is 18.4 Å². The number of carbonyl (C=O) groups is 1. The molecule has 7 heteroatoms. The number of hydrogen-bond acceptors (Lipinski definition) is 4. The first-order valence-electron chi connectivity index (χ1n) is 9.38. The predicted molar refractivity (Wildman–Crippen MR) is 111 cm³/mol. The molecule has 28 heavy (non-hydrogen) atoms. The van der Waals surface area contributed by atoms with Gasteiger partial charge < -0.3 is 10.0 Å². The highest BCUT2D eigenvalue weighted by Gasteiger charge is 2.21. The van der Waals surface area contributed by atoms with Gasteiger partial charge >= 0.3 is 0 Å². The Bertz CT molecular complexity index is 926. The molecule has 2 aromatic carbocycles. The fourth-order valence-corrected chi connectivity index (χ4v) is 4.23. The number of unbranched alkanes of at least 4 members (excludes halogenated alkanes) is 1. The lowest BCUT2D eigenvalue weighted by Crippen LogP contribution is -2.34. The molecule has 0 atom stereocenters. The summed E-state index contributed by atoms with van der Waals surface area (Å²) < 4.78 is 28.4. The third-order valence-corrected chi connectivity index (χ3v) is 5.96. The zero-order chi connectivity index (χ0) is 20.7. The molecular formula is C21H28N2O4S. The molecule has 0 bridgehead atoms. The maximum absolute atomic E-state index is 12.9. The number of anilines is 1. The lowest BCUT2D eigenvalue weighted by Gasteiger charge is -2.22. The van der Waals surface area contributed by atoms with E-state index in [4.69, 9.17) is 0 Å². The zero-order valence-corrected chi connectivity index (χ0v) is 17.4. The van der Waals surface area contributed by atoms with Gasteiger partial charge in [-0.05, 0) is 55.7 Å². The molecule has 2 aromatic rings. The molecule has 0 heterocycles. The molecule has 0 saturated carbocycles. The molecule has 0 aromatic heterocycles. The van der Waals surface area contributed by atoms with E-state index in [1.54, 1.807) is 42.2 Å². The van der Waals surface area contributed by atoms with Gasteiger partial charge in [-0.3, -0.25) is 9.52 Å². The van der Waals surface area contributed by atoms with Crippen LogP contribution in [0, 0.1) is 13.8 Å². The first kappa shape index (κ1) is 21.9. The number of aliphatic hydroxyl groups excluding tert-OH is 1. The van der Waals surface area contributed by atoms with Crippen LogP contribution in [0.1, 0.15) is 41.3 Å². The monoisotopic (exact) mass is 404 g/mol. The van der Waals surface area contributed by atoms with Crippen LogP contribution < -0.4 is 4.72 Å². The summed E-state index contributed by atoms with van der Waals surface area (Å²) in [5.41, 5.74) is 2.26. The topological polar surface area (TPSA) is 86.7 Å². The third kappa shape index (κ3) is 5.56. The summed E-state index contributed by atoms with van der Waals surface area (Å²) in [5.74, 6) is -0.283. The lowest BCUT2D eigenvalue weighted by molar-refractivity contribution is 0.0719. The Morgan fingerprint density at radius 3 is 2.50 bits per heavy atom. The van der Waals surface area contributed by atoms with Crippen LogP contribution in [0.2, 0.25) is 0 Å². The van der Waals surface area contributed by atoms with Gasteiger partial charge in [-0.2, -0.15) is 0 Å². The lowest BCUT2D eigenvalue weighted by atomic mass is 10.1. The first-order chi connectivity index (χ1) is 13.3. The Morgan fingerprint density at radius 1 is 1.11 bits per heavy atom. The van der Waals surface area contributed by atoms with Gasteiger partial charge in [0.2, 0.25) is 0 Å². The SMILES string of the molecule is CCCCN(CCO)C(=O)c1ccc(C)c(S(=O)(=O)Nc2cccc(C)c2)c1. The number of aliphatic hydroxyl groups is 1. The molecule has 0 saturated heterocycles. The molecule has 0 spiro atoms. The molecule has 2 N–H and O–H groups in total. The zero-order valence-electron chi connectivity index (χ0n) is 16.6. The van der Waals surface area contributed by atoms with E-state index >= 15 is 0 Å². The predicted octanol–water partition coefficient (Wildman–Crippen LogP) is 3.34. The molecular weight excluding hydrogens is 376 g/mol. The van der Waals surface area contributed by atoms with Crippen molar-refractivity contribution in [3.8, 4) is 0 Å².